The molecule has 2 N–H and O–H groups in total. The summed E-state index contributed by atoms with van der Waals surface area (Å²) in [4.78, 5) is 16.7. The highest BCUT2D eigenvalue weighted by Gasteiger charge is 2.13. The zero-order chi connectivity index (χ0) is 14.1. The molecule has 1 heterocycles. The zero-order valence-electron chi connectivity index (χ0n) is 11.1. The first-order valence-corrected chi connectivity index (χ1v) is 6.41. The number of nitrogens with zero attached hydrogens (tertiary/aromatic N) is 1. The van der Waals surface area contributed by atoms with Gasteiger partial charge in [-0.3, -0.25) is 9.78 Å². The fourth-order valence-electron chi connectivity index (χ4n) is 2.21. The highest BCUT2D eigenvalue weighted by atomic mass is 16.1. The monoisotopic (exact) mass is 262 g/mol. The molecular formula is C17H14N2O. The number of aromatic nitrogens is 1. The first-order chi connectivity index (χ1) is 9.65. The number of fused-ring (bicyclic) bond motifs is 1. The van der Waals surface area contributed by atoms with Gasteiger partial charge < -0.3 is 5.73 Å². The third kappa shape index (κ3) is 2.14. The molecule has 0 atom stereocenters. The molecule has 0 aliphatic heterocycles. The Morgan fingerprint density at radius 2 is 1.75 bits per heavy atom. The Hall–Kier alpha value is -2.68. The van der Waals surface area contributed by atoms with Gasteiger partial charge in [0.15, 0.2) is 5.78 Å². The van der Waals surface area contributed by atoms with Crippen molar-refractivity contribution in [2.75, 3.05) is 5.73 Å². The molecule has 3 aromatic rings. The number of carbonyl (C=O) groups excluding carboxylic acids is 1. The molecule has 0 aliphatic carbocycles. The second-order valence-electron chi connectivity index (χ2n) is 4.80. The number of carbonyl (C=O) groups is 1. The third-order valence-corrected chi connectivity index (χ3v) is 3.34. The number of anilines is 1. The van der Waals surface area contributed by atoms with E-state index in [1.807, 2.05) is 49.4 Å². The van der Waals surface area contributed by atoms with E-state index < -0.39 is 0 Å². The summed E-state index contributed by atoms with van der Waals surface area (Å²) >= 11 is 0. The Balaban J connectivity index is 2.11. The standard InChI is InChI=1S/C17H14N2O/c1-11-6-7-14(10-19-11)17(20)15-8-12-4-2-3-5-13(12)9-16(15)18/h2-10H,18H2,1H3. The summed E-state index contributed by atoms with van der Waals surface area (Å²) in [5.74, 6) is -0.0965. The van der Waals surface area contributed by atoms with Gasteiger partial charge in [-0.15, -0.1) is 0 Å². The highest BCUT2D eigenvalue weighted by Crippen LogP contribution is 2.24. The molecule has 3 nitrogen and oxygen atoms in total. The molecule has 0 unspecified atom stereocenters. The number of hydrogen-bond donors (Lipinski definition) is 1. The highest BCUT2D eigenvalue weighted by molar-refractivity contribution is 6.14. The van der Waals surface area contributed by atoms with E-state index in [1.165, 1.54) is 0 Å². The fourth-order valence-corrected chi connectivity index (χ4v) is 2.21. The van der Waals surface area contributed by atoms with E-state index in [0.717, 1.165) is 16.5 Å². The molecule has 0 saturated heterocycles. The Bertz CT molecular complexity index is 792. The van der Waals surface area contributed by atoms with Crippen LogP contribution in [0.15, 0.2) is 54.7 Å². The van der Waals surface area contributed by atoms with E-state index in [-0.39, 0.29) is 5.78 Å². The largest absolute Gasteiger partial charge is 0.398 e. The summed E-state index contributed by atoms with van der Waals surface area (Å²) in [5, 5.41) is 2.04. The van der Waals surface area contributed by atoms with Crippen LogP contribution in [0, 0.1) is 6.92 Å². The molecule has 0 bridgehead atoms. The summed E-state index contributed by atoms with van der Waals surface area (Å²) in [6, 6.07) is 15.1. The molecule has 3 heteroatoms. The van der Waals surface area contributed by atoms with Gasteiger partial charge in [-0.2, -0.15) is 0 Å². The number of nitrogen functional groups attached to an aromatic ring is 1. The van der Waals surface area contributed by atoms with Gasteiger partial charge in [-0.25, -0.2) is 0 Å². The van der Waals surface area contributed by atoms with Crippen molar-refractivity contribution in [2.45, 2.75) is 6.92 Å². The van der Waals surface area contributed by atoms with Crippen LogP contribution < -0.4 is 5.73 Å². The van der Waals surface area contributed by atoms with Crippen molar-refractivity contribution in [1.29, 1.82) is 0 Å². The maximum absolute atomic E-state index is 12.5. The minimum atomic E-state index is -0.0965. The van der Waals surface area contributed by atoms with Crippen LogP contribution in [0.3, 0.4) is 0 Å². The van der Waals surface area contributed by atoms with E-state index in [2.05, 4.69) is 4.98 Å². The topological polar surface area (TPSA) is 56.0 Å². The van der Waals surface area contributed by atoms with Crippen LogP contribution >= 0.6 is 0 Å². The van der Waals surface area contributed by atoms with Crippen LogP contribution in [0.25, 0.3) is 10.8 Å². The van der Waals surface area contributed by atoms with E-state index in [1.54, 1.807) is 12.3 Å². The maximum atomic E-state index is 12.5. The smallest absolute Gasteiger partial charge is 0.196 e. The quantitative estimate of drug-likeness (QED) is 0.569. The van der Waals surface area contributed by atoms with Crippen molar-refractivity contribution in [2.24, 2.45) is 0 Å². The number of aryl methyl sites for hydroxylation is 1. The predicted molar refractivity (Wildman–Crippen MR) is 80.8 cm³/mol. The molecule has 0 saturated carbocycles. The summed E-state index contributed by atoms with van der Waals surface area (Å²) in [7, 11) is 0. The molecule has 20 heavy (non-hydrogen) atoms. The van der Waals surface area contributed by atoms with E-state index in [0.29, 0.717) is 16.8 Å². The minimum Gasteiger partial charge on any atom is -0.398 e. The zero-order valence-corrected chi connectivity index (χ0v) is 11.1. The van der Waals surface area contributed by atoms with Gasteiger partial charge in [0.25, 0.3) is 0 Å². The Morgan fingerprint density at radius 1 is 1.05 bits per heavy atom. The van der Waals surface area contributed by atoms with Gasteiger partial charge in [-0.05, 0) is 42.0 Å². The SMILES string of the molecule is Cc1ccc(C(=O)c2cc3ccccc3cc2N)cn1. The Kier molecular flexibility index (Phi) is 2.95. The lowest BCUT2D eigenvalue weighted by molar-refractivity contribution is 0.103. The van der Waals surface area contributed by atoms with Crippen LogP contribution in [-0.4, -0.2) is 10.8 Å². The van der Waals surface area contributed by atoms with Crippen molar-refractivity contribution < 1.29 is 4.79 Å². The second-order valence-corrected chi connectivity index (χ2v) is 4.80. The maximum Gasteiger partial charge on any atom is 0.196 e. The van der Waals surface area contributed by atoms with Gasteiger partial charge in [-0.1, -0.05) is 24.3 Å². The summed E-state index contributed by atoms with van der Waals surface area (Å²) in [6.07, 6.45) is 1.59. The number of ketones is 1. The lowest BCUT2D eigenvalue weighted by Crippen LogP contribution is -2.06. The van der Waals surface area contributed by atoms with Crippen LogP contribution in [0.2, 0.25) is 0 Å². The molecule has 1 aromatic heterocycles. The first-order valence-electron chi connectivity index (χ1n) is 6.41. The average molecular weight is 262 g/mol. The molecule has 3 rings (SSSR count). The summed E-state index contributed by atoms with van der Waals surface area (Å²) in [5.41, 5.74) is 8.47. The van der Waals surface area contributed by atoms with Gasteiger partial charge >= 0.3 is 0 Å². The summed E-state index contributed by atoms with van der Waals surface area (Å²) < 4.78 is 0. The van der Waals surface area contributed by atoms with Gasteiger partial charge in [0, 0.05) is 28.7 Å². The van der Waals surface area contributed by atoms with E-state index >= 15 is 0 Å². The lowest BCUT2D eigenvalue weighted by atomic mass is 9.99. The molecule has 0 amide bonds. The van der Waals surface area contributed by atoms with Gasteiger partial charge in [0.05, 0.1) is 0 Å². The fraction of sp³-hybridized carbons (Fsp3) is 0.0588. The average Bonchev–Trinajstić information content (AvgIpc) is 2.46. The van der Waals surface area contributed by atoms with Gasteiger partial charge in [0.1, 0.15) is 0 Å². The molecule has 98 valence electrons. The predicted octanol–water partition coefficient (Wildman–Crippen LogP) is 3.36. The van der Waals surface area contributed by atoms with Crippen molar-refractivity contribution >= 4 is 22.2 Å². The van der Waals surface area contributed by atoms with Crippen molar-refractivity contribution in [1.82, 2.24) is 4.98 Å². The number of benzene rings is 2. The second kappa shape index (κ2) is 4.78. The van der Waals surface area contributed by atoms with Crippen molar-refractivity contribution in [3.63, 3.8) is 0 Å². The lowest BCUT2D eigenvalue weighted by Gasteiger charge is -2.07. The normalized spacial score (nSPS) is 10.7. The van der Waals surface area contributed by atoms with Crippen LogP contribution in [0.5, 0.6) is 0 Å². The van der Waals surface area contributed by atoms with Crippen molar-refractivity contribution in [3.8, 4) is 0 Å². The molecular weight excluding hydrogens is 248 g/mol. The third-order valence-electron chi connectivity index (χ3n) is 3.34. The van der Waals surface area contributed by atoms with Crippen LogP contribution in [-0.2, 0) is 0 Å². The van der Waals surface area contributed by atoms with E-state index in [9.17, 15) is 4.79 Å². The molecule has 2 aromatic carbocycles. The molecule has 0 aliphatic rings. The number of hydrogen-bond acceptors (Lipinski definition) is 3. The first kappa shape index (κ1) is 12.4. The Morgan fingerprint density at radius 3 is 2.40 bits per heavy atom. The number of rotatable bonds is 2. The molecule has 0 radical (unpaired) electrons. The van der Waals surface area contributed by atoms with Crippen LogP contribution in [0.4, 0.5) is 5.69 Å². The number of pyridine rings is 1. The van der Waals surface area contributed by atoms with Crippen LogP contribution in [0.1, 0.15) is 21.6 Å². The molecule has 0 fully saturated rings. The minimum absolute atomic E-state index is 0.0965. The van der Waals surface area contributed by atoms with Gasteiger partial charge in [0.2, 0.25) is 0 Å². The number of nitrogens with two attached hydrogens (primary N) is 1. The Labute approximate surface area is 117 Å². The van der Waals surface area contributed by atoms with Crippen molar-refractivity contribution in [3.05, 3.63) is 71.5 Å². The van der Waals surface area contributed by atoms with E-state index in [4.69, 9.17) is 5.73 Å². The molecule has 0 spiro atoms. The summed E-state index contributed by atoms with van der Waals surface area (Å²) in [6.45, 7) is 1.89.